The first-order chi connectivity index (χ1) is 17.2. The van der Waals surface area contributed by atoms with E-state index in [1.807, 2.05) is 48.5 Å². The van der Waals surface area contributed by atoms with E-state index in [4.69, 9.17) is 0 Å². The highest BCUT2D eigenvalue weighted by Gasteiger charge is 2.19. The van der Waals surface area contributed by atoms with Crippen molar-refractivity contribution in [2.24, 2.45) is 0 Å². The van der Waals surface area contributed by atoms with Crippen molar-refractivity contribution in [3.63, 3.8) is 0 Å². The molecular weight excluding hydrogens is 434 g/mol. The third kappa shape index (κ3) is 8.02. The summed E-state index contributed by atoms with van der Waals surface area (Å²) in [5, 5.41) is 0. The molecule has 0 aliphatic heterocycles. The van der Waals surface area contributed by atoms with Crippen LogP contribution >= 0.6 is 0 Å². The van der Waals surface area contributed by atoms with Crippen LogP contribution < -0.4 is 0 Å². The van der Waals surface area contributed by atoms with Crippen LogP contribution in [-0.4, -0.2) is 0 Å². The van der Waals surface area contributed by atoms with Crippen LogP contribution in [0.2, 0.25) is 0 Å². The van der Waals surface area contributed by atoms with Crippen molar-refractivity contribution in [1.82, 2.24) is 0 Å². The Labute approximate surface area is 211 Å². The molecule has 0 saturated heterocycles. The molecule has 0 atom stereocenters. The van der Waals surface area contributed by atoms with Crippen LogP contribution in [0.25, 0.3) is 22.3 Å². The van der Waals surface area contributed by atoms with Crippen LogP contribution in [0.15, 0.2) is 60.7 Å². The fraction of sp³-hybridized carbons (Fsp3) is 0.455. The topological polar surface area (TPSA) is 0 Å². The van der Waals surface area contributed by atoms with Gasteiger partial charge in [0.15, 0.2) is 11.6 Å². The highest BCUT2D eigenvalue weighted by molar-refractivity contribution is 5.71. The molecule has 0 aliphatic rings. The summed E-state index contributed by atoms with van der Waals surface area (Å²) in [6.45, 7) is 4.34. The van der Waals surface area contributed by atoms with Crippen molar-refractivity contribution >= 4 is 0 Å². The summed E-state index contributed by atoms with van der Waals surface area (Å²) in [5.74, 6) is -1.35. The van der Waals surface area contributed by atoms with Gasteiger partial charge in [0.2, 0.25) is 0 Å². The molecule has 0 radical (unpaired) electrons. The second-order valence-corrected chi connectivity index (χ2v) is 9.82. The molecule has 0 amide bonds. The van der Waals surface area contributed by atoms with Gasteiger partial charge < -0.3 is 0 Å². The maximum absolute atomic E-state index is 15.3. The normalized spacial score (nSPS) is 11.2. The second-order valence-electron chi connectivity index (χ2n) is 9.82. The summed E-state index contributed by atoms with van der Waals surface area (Å²) in [5.41, 5.74) is 4.84. The summed E-state index contributed by atoms with van der Waals surface area (Å²) in [6.07, 6.45) is 14.7. The first-order valence-corrected chi connectivity index (χ1v) is 13.8. The smallest absolute Gasteiger partial charge is 0.166 e. The lowest BCUT2D eigenvalue weighted by Gasteiger charge is -2.15. The summed E-state index contributed by atoms with van der Waals surface area (Å²) in [6, 6.07) is 19.8. The molecule has 0 spiro atoms. The number of rotatable bonds is 15. The molecule has 3 aromatic rings. The summed E-state index contributed by atoms with van der Waals surface area (Å²) in [4.78, 5) is 0. The molecule has 3 rings (SSSR count). The summed E-state index contributed by atoms with van der Waals surface area (Å²) in [7, 11) is 0. The van der Waals surface area contributed by atoms with Crippen LogP contribution in [0.4, 0.5) is 8.78 Å². The van der Waals surface area contributed by atoms with Gasteiger partial charge in [0.05, 0.1) is 0 Å². The molecule has 0 N–H and O–H groups in total. The second kappa shape index (κ2) is 14.8. The Morgan fingerprint density at radius 3 is 1.66 bits per heavy atom. The zero-order valence-corrected chi connectivity index (χ0v) is 21.7. The molecule has 35 heavy (non-hydrogen) atoms. The van der Waals surface area contributed by atoms with Gasteiger partial charge in [-0.3, -0.25) is 0 Å². The zero-order chi connectivity index (χ0) is 24.9. The van der Waals surface area contributed by atoms with Gasteiger partial charge in [0.25, 0.3) is 0 Å². The van der Waals surface area contributed by atoms with E-state index >= 15 is 8.78 Å². The highest BCUT2D eigenvalue weighted by Crippen LogP contribution is 2.32. The molecule has 0 heterocycles. The van der Waals surface area contributed by atoms with Gasteiger partial charge in [0, 0.05) is 5.56 Å². The lowest BCUT2D eigenvalue weighted by molar-refractivity contribution is 0.494. The van der Waals surface area contributed by atoms with Crippen LogP contribution in [0.1, 0.15) is 95.6 Å². The van der Waals surface area contributed by atoms with Crippen molar-refractivity contribution in [2.45, 2.75) is 97.3 Å². The quantitative estimate of drug-likeness (QED) is 0.191. The molecule has 0 bridgehead atoms. The molecule has 0 saturated carbocycles. The van der Waals surface area contributed by atoms with E-state index in [-0.39, 0.29) is 0 Å². The maximum atomic E-state index is 15.3. The average Bonchev–Trinajstić information content (AvgIpc) is 2.89. The third-order valence-corrected chi connectivity index (χ3v) is 7.00. The molecule has 0 aromatic heterocycles. The van der Waals surface area contributed by atoms with Gasteiger partial charge in [-0.15, -0.1) is 0 Å². The van der Waals surface area contributed by atoms with Crippen molar-refractivity contribution in [3.8, 4) is 22.3 Å². The maximum Gasteiger partial charge on any atom is 0.166 e. The number of benzene rings is 3. The molecule has 0 fully saturated rings. The molecular formula is C33H42F2. The van der Waals surface area contributed by atoms with Gasteiger partial charge in [-0.1, -0.05) is 133 Å². The van der Waals surface area contributed by atoms with Crippen LogP contribution in [-0.2, 0) is 12.8 Å². The van der Waals surface area contributed by atoms with Crippen LogP contribution in [0.5, 0.6) is 0 Å². The largest absolute Gasteiger partial charge is 0.203 e. The highest BCUT2D eigenvalue weighted by atomic mass is 19.2. The number of hydrogen-bond acceptors (Lipinski definition) is 0. The van der Waals surface area contributed by atoms with Crippen molar-refractivity contribution in [2.75, 3.05) is 0 Å². The first kappa shape index (κ1) is 27.1. The molecule has 188 valence electrons. The molecule has 0 aliphatic carbocycles. The van der Waals surface area contributed by atoms with Gasteiger partial charge in [0.1, 0.15) is 0 Å². The van der Waals surface area contributed by atoms with Crippen molar-refractivity contribution in [1.29, 1.82) is 0 Å². The number of halogens is 2. The predicted octanol–water partition coefficient (Wildman–Crippen LogP) is 10.7. The molecule has 0 nitrogen and oxygen atoms in total. The lowest BCUT2D eigenvalue weighted by atomic mass is 9.92. The van der Waals surface area contributed by atoms with E-state index in [1.54, 1.807) is 0 Å². The lowest BCUT2D eigenvalue weighted by Crippen LogP contribution is -2.04. The number of hydrogen-bond donors (Lipinski definition) is 0. The van der Waals surface area contributed by atoms with E-state index in [1.165, 1.54) is 51.4 Å². The zero-order valence-electron chi connectivity index (χ0n) is 21.7. The van der Waals surface area contributed by atoms with Crippen molar-refractivity contribution in [3.05, 3.63) is 83.4 Å². The predicted molar refractivity (Wildman–Crippen MR) is 147 cm³/mol. The Bertz CT molecular complexity index is 1010. The van der Waals surface area contributed by atoms with Crippen LogP contribution in [0, 0.1) is 11.6 Å². The fourth-order valence-corrected chi connectivity index (χ4v) is 4.95. The van der Waals surface area contributed by atoms with E-state index in [0.29, 0.717) is 17.5 Å². The Morgan fingerprint density at radius 2 is 1.06 bits per heavy atom. The molecule has 3 aromatic carbocycles. The minimum Gasteiger partial charge on any atom is -0.203 e. The number of unbranched alkanes of at least 4 members (excludes halogenated alkanes) is 9. The Hall–Kier alpha value is -2.48. The summed E-state index contributed by atoms with van der Waals surface area (Å²) >= 11 is 0. The number of aryl methyl sites for hydroxylation is 1. The van der Waals surface area contributed by atoms with E-state index in [0.717, 1.165) is 47.9 Å². The summed E-state index contributed by atoms with van der Waals surface area (Å²) < 4.78 is 30.5. The van der Waals surface area contributed by atoms with E-state index in [2.05, 4.69) is 26.0 Å². The monoisotopic (exact) mass is 476 g/mol. The standard InChI is InChI=1S/C33H42F2/c1-3-5-6-7-8-9-10-11-12-16-20-30-29(17-4-2)25-31(33(35)32(30)34)28-23-21-27(22-24-28)26-18-14-13-15-19-26/h13-15,18-19,21-25H,3-12,16-17,20H2,1-2H3. The van der Waals surface area contributed by atoms with Gasteiger partial charge >= 0.3 is 0 Å². The molecule has 2 heteroatoms. The SMILES string of the molecule is CCCCCCCCCCCCc1c(CCC)cc(-c2ccc(-c3ccccc3)cc2)c(F)c1F. The molecule has 0 unspecified atom stereocenters. The average molecular weight is 477 g/mol. The van der Waals surface area contributed by atoms with Gasteiger partial charge in [-0.05, 0) is 53.1 Å². The Morgan fingerprint density at radius 1 is 0.514 bits per heavy atom. The minimum atomic E-state index is -0.709. The third-order valence-electron chi connectivity index (χ3n) is 7.00. The van der Waals surface area contributed by atoms with Crippen molar-refractivity contribution < 1.29 is 8.78 Å². The first-order valence-electron chi connectivity index (χ1n) is 13.8. The van der Waals surface area contributed by atoms with E-state index in [9.17, 15) is 0 Å². The Balaban J connectivity index is 1.63. The Kier molecular flexibility index (Phi) is 11.5. The van der Waals surface area contributed by atoms with Crippen LogP contribution in [0.3, 0.4) is 0 Å². The fourth-order valence-electron chi connectivity index (χ4n) is 4.95. The van der Waals surface area contributed by atoms with Gasteiger partial charge in [-0.25, -0.2) is 8.78 Å². The minimum absolute atomic E-state index is 0.373. The van der Waals surface area contributed by atoms with E-state index < -0.39 is 11.6 Å². The van der Waals surface area contributed by atoms with Gasteiger partial charge in [-0.2, -0.15) is 0 Å².